The van der Waals surface area contributed by atoms with Gasteiger partial charge in [-0.3, -0.25) is 14.7 Å². The number of carbonyl (C=O) groups is 1. The van der Waals surface area contributed by atoms with E-state index in [4.69, 9.17) is 5.26 Å². The maximum absolute atomic E-state index is 11.9. The number of rotatable bonds is 6. The number of hydrogen-bond donors (Lipinski definition) is 2. The Morgan fingerprint density at radius 1 is 1.38 bits per heavy atom. The molecule has 2 N–H and O–H groups in total. The first-order valence-corrected chi connectivity index (χ1v) is 7.96. The lowest BCUT2D eigenvalue weighted by Crippen LogP contribution is -2.30. The van der Waals surface area contributed by atoms with Gasteiger partial charge in [0.25, 0.3) is 0 Å². The van der Waals surface area contributed by atoms with Crippen LogP contribution < -0.4 is 10.6 Å². The van der Waals surface area contributed by atoms with Crippen molar-refractivity contribution in [1.29, 1.82) is 5.26 Å². The van der Waals surface area contributed by atoms with Crippen molar-refractivity contribution in [3.8, 4) is 6.07 Å². The van der Waals surface area contributed by atoms with Gasteiger partial charge < -0.3 is 5.32 Å². The third-order valence-corrected chi connectivity index (χ3v) is 3.55. The number of nitrogens with one attached hydrogen (secondary N) is 2. The van der Waals surface area contributed by atoms with Crippen molar-refractivity contribution in [3.63, 3.8) is 0 Å². The minimum absolute atomic E-state index is 0.122. The minimum Gasteiger partial charge on any atom is -0.338 e. The van der Waals surface area contributed by atoms with E-state index in [1.165, 1.54) is 0 Å². The van der Waals surface area contributed by atoms with E-state index < -0.39 is 0 Å². The summed E-state index contributed by atoms with van der Waals surface area (Å²) in [6, 6.07) is 3.81. The Morgan fingerprint density at radius 3 is 2.71 bits per heavy atom. The highest BCUT2D eigenvalue weighted by Crippen LogP contribution is 2.14. The number of carbonyl (C=O) groups excluding carboxylic acids is 1. The molecule has 0 aromatic carbocycles. The molecular formula is C16H23N7O. The number of urea groups is 1. The summed E-state index contributed by atoms with van der Waals surface area (Å²) in [5.74, 6) is 0.280. The molecule has 8 heteroatoms. The Morgan fingerprint density at radius 2 is 2.12 bits per heavy atom. The van der Waals surface area contributed by atoms with Gasteiger partial charge >= 0.3 is 6.03 Å². The van der Waals surface area contributed by atoms with Crippen LogP contribution in [0.3, 0.4) is 0 Å². The highest BCUT2D eigenvalue weighted by atomic mass is 16.2. The average Bonchev–Trinajstić information content (AvgIpc) is 3.06. The second-order valence-corrected chi connectivity index (χ2v) is 5.96. The second-order valence-electron chi connectivity index (χ2n) is 5.96. The van der Waals surface area contributed by atoms with Crippen LogP contribution >= 0.6 is 0 Å². The summed E-state index contributed by atoms with van der Waals surface area (Å²) in [7, 11) is 0. The zero-order valence-corrected chi connectivity index (χ0v) is 14.5. The van der Waals surface area contributed by atoms with Crippen LogP contribution in [-0.2, 0) is 6.54 Å². The number of aromatic nitrogens is 4. The first kappa shape index (κ1) is 17.5. The van der Waals surface area contributed by atoms with E-state index in [0.717, 1.165) is 24.4 Å². The smallest absolute Gasteiger partial charge is 0.320 e. The zero-order valence-electron chi connectivity index (χ0n) is 14.5. The van der Waals surface area contributed by atoms with Gasteiger partial charge in [0.15, 0.2) is 5.82 Å². The summed E-state index contributed by atoms with van der Waals surface area (Å²) in [5, 5.41) is 23.1. The van der Waals surface area contributed by atoms with Gasteiger partial charge in [0.2, 0.25) is 0 Å². The number of nitriles is 1. The molecule has 0 fully saturated rings. The first-order valence-electron chi connectivity index (χ1n) is 7.96. The lowest BCUT2D eigenvalue weighted by Gasteiger charge is -2.07. The molecule has 2 amide bonds. The molecule has 0 bridgehead atoms. The van der Waals surface area contributed by atoms with Gasteiger partial charge in [-0.1, -0.05) is 0 Å². The van der Waals surface area contributed by atoms with E-state index in [9.17, 15) is 4.79 Å². The van der Waals surface area contributed by atoms with Crippen molar-refractivity contribution in [3.05, 3.63) is 29.2 Å². The van der Waals surface area contributed by atoms with E-state index in [0.29, 0.717) is 12.1 Å². The van der Waals surface area contributed by atoms with Crippen molar-refractivity contribution in [1.82, 2.24) is 24.9 Å². The van der Waals surface area contributed by atoms with Crippen LogP contribution in [0, 0.1) is 25.2 Å². The summed E-state index contributed by atoms with van der Waals surface area (Å²) >= 11 is 0. The fourth-order valence-electron chi connectivity index (χ4n) is 2.31. The number of anilines is 1. The van der Waals surface area contributed by atoms with E-state index in [1.807, 2.05) is 44.5 Å². The number of aryl methyl sites for hydroxylation is 3. The van der Waals surface area contributed by atoms with E-state index in [-0.39, 0.29) is 17.9 Å². The Balaban J connectivity index is 1.81. The third kappa shape index (κ3) is 4.35. The molecule has 0 radical (unpaired) electrons. The third-order valence-electron chi connectivity index (χ3n) is 3.55. The van der Waals surface area contributed by atoms with Crippen molar-refractivity contribution in [2.75, 3.05) is 11.9 Å². The summed E-state index contributed by atoms with van der Waals surface area (Å²) in [4.78, 5) is 11.9. The molecule has 8 nitrogen and oxygen atoms in total. The van der Waals surface area contributed by atoms with Gasteiger partial charge in [-0.2, -0.15) is 15.5 Å². The summed E-state index contributed by atoms with van der Waals surface area (Å²) in [5.41, 5.74) is 2.44. The molecule has 0 atom stereocenters. The van der Waals surface area contributed by atoms with Gasteiger partial charge in [-0.25, -0.2) is 4.79 Å². The molecule has 0 aliphatic heterocycles. The summed E-state index contributed by atoms with van der Waals surface area (Å²) < 4.78 is 3.57. The molecule has 128 valence electrons. The van der Waals surface area contributed by atoms with Crippen LogP contribution in [-0.4, -0.2) is 32.1 Å². The average molecular weight is 329 g/mol. The highest BCUT2D eigenvalue weighted by Gasteiger charge is 2.13. The van der Waals surface area contributed by atoms with Gasteiger partial charge in [0.1, 0.15) is 11.6 Å². The molecule has 2 heterocycles. The molecule has 0 unspecified atom stereocenters. The van der Waals surface area contributed by atoms with Crippen LogP contribution in [0.5, 0.6) is 0 Å². The van der Waals surface area contributed by atoms with Crippen LogP contribution in [0.15, 0.2) is 12.3 Å². The molecule has 0 saturated heterocycles. The molecule has 0 aliphatic rings. The van der Waals surface area contributed by atoms with Crippen LogP contribution in [0.4, 0.5) is 10.6 Å². The van der Waals surface area contributed by atoms with Crippen molar-refractivity contribution >= 4 is 11.8 Å². The Hall–Kier alpha value is -2.82. The first-order chi connectivity index (χ1) is 11.4. The Labute approximate surface area is 141 Å². The van der Waals surface area contributed by atoms with Crippen LogP contribution in [0.2, 0.25) is 0 Å². The summed E-state index contributed by atoms with van der Waals surface area (Å²) in [6.07, 6.45) is 2.39. The van der Waals surface area contributed by atoms with Gasteiger partial charge in [-0.05, 0) is 40.2 Å². The van der Waals surface area contributed by atoms with Crippen LogP contribution in [0.1, 0.15) is 43.3 Å². The van der Waals surface area contributed by atoms with Crippen LogP contribution in [0.25, 0.3) is 0 Å². The molecule has 2 rings (SSSR count). The molecule has 0 spiro atoms. The fourth-order valence-corrected chi connectivity index (χ4v) is 2.31. The lowest BCUT2D eigenvalue weighted by molar-refractivity contribution is 0.251. The van der Waals surface area contributed by atoms with Gasteiger partial charge in [0, 0.05) is 31.0 Å². The van der Waals surface area contributed by atoms with E-state index >= 15 is 0 Å². The molecule has 24 heavy (non-hydrogen) atoms. The molecular weight excluding hydrogens is 306 g/mol. The minimum atomic E-state index is -0.367. The monoisotopic (exact) mass is 329 g/mol. The second kappa shape index (κ2) is 7.64. The Kier molecular flexibility index (Phi) is 5.58. The topological polar surface area (TPSA) is 101 Å². The number of amides is 2. The van der Waals surface area contributed by atoms with Gasteiger partial charge in [-0.15, -0.1) is 0 Å². The summed E-state index contributed by atoms with van der Waals surface area (Å²) in [6.45, 7) is 9.13. The zero-order chi connectivity index (χ0) is 17.7. The predicted molar refractivity (Wildman–Crippen MR) is 90.7 cm³/mol. The van der Waals surface area contributed by atoms with E-state index in [2.05, 4.69) is 20.8 Å². The maximum Gasteiger partial charge on any atom is 0.320 e. The molecule has 2 aromatic rings. The van der Waals surface area contributed by atoms with Crippen molar-refractivity contribution in [2.24, 2.45) is 0 Å². The maximum atomic E-state index is 11.9. The standard InChI is InChI=1S/C16H23N7O/c1-11(2)23-10-14(9-17)15(21-23)19-16(24)18-6-5-7-22-13(4)8-12(3)20-22/h8,10-11H,5-7H2,1-4H3,(H2,18,19,21,24). The largest absolute Gasteiger partial charge is 0.338 e. The molecule has 2 aromatic heterocycles. The molecule has 0 aliphatic carbocycles. The van der Waals surface area contributed by atoms with Crippen molar-refractivity contribution < 1.29 is 4.79 Å². The Bertz CT molecular complexity index is 751. The fraction of sp³-hybridized carbons (Fsp3) is 0.500. The number of hydrogen-bond acceptors (Lipinski definition) is 4. The lowest BCUT2D eigenvalue weighted by atomic mass is 10.3. The molecule has 0 saturated carbocycles. The normalized spacial score (nSPS) is 10.7. The predicted octanol–water partition coefficient (Wildman–Crippen LogP) is 2.36. The van der Waals surface area contributed by atoms with Crippen molar-refractivity contribution in [2.45, 2.75) is 46.7 Å². The highest BCUT2D eigenvalue weighted by molar-refractivity contribution is 5.89. The quantitative estimate of drug-likeness (QED) is 0.794. The van der Waals surface area contributed by atoms with Gasteiger partial charge in [0.05, 0.1) is 5.69 Å². The SMILES string of the molecule is Cc1cc(C)n(CCCNC(=O)Nc2nn(C(C)C)cc2C#N)n1. The van der Waals surface area contributed by atoms with E-state index in [1.54, 1.807) is 10.9 Å². The number of nitrogens with zero attached hydrogens (tertiary/aromatic N) is 5.